The van der Waals surface area contributed by atoms with Crippen molar-refractivity contribution in [1.29, 1.82) is 0 Å². The van der Waals surface area contributed by atoms with Crippen LogP contribution in [0.1, 0.15) is 40.3 Å². The molecule has 0 saturated carbocycles. The topological polar surface area (TPSA) is 42.3 Å². The highest BCUT2D eigenvalue weighted by atomic mass is 35.5. The molecule has 3 heterocycles. The van der Waals surface area contributed by atoms with E-state index in [1.54, 1.807) is 7.11 Å². The number of hydrogen-bond donors (Lipinski definition) is 1. The fourth-order valence-electron chi connectivity index (χ4n) is 5.01. The molecule has 2 atom stereocenters. The summed E-state index contributed by atoms with van der Waals surface area (Å²) in [6.07, 6.45) is 1.82. The number of nitrogens with zero attached hydrogens (tertiary/aromatic N) is 3. The van der Waals surface area contributed by atoms with Crippen LogP contribution in [0.5, 0.6) is 5.75 Å². The largest absolute Gasteiger partial charge is 0.495 e. The zero-order valence-corrected chi connectivity index (χ0v) is 21.7. The van der Waals surface area contributed by atoms with E-state index in [0.29, 0.717) is 15.9 Å². The van der Waals surface area contributed by atoms with Crippen LogP contribution in [0.3, 0.4) is 0 Å². The van der Waals surface area contributed by atoms with Gasteiger partial charge in [-0.15, -0.1) is 0 Å². The highest BCUT2D eigenvalue weighted by Gasteiger charge is 2.42. The molecule has 0 aliphatic carbocycles. The van der Waals surface area contributed by atoms with Gasteiger partial charge in [-0.2, -0.15) is 0 Å². The number of hydrogen-bond acceptors (Lipinski definition) is 3. The van der Waals surface area contributed by atoms with Crippen LogP contribution in [0.4, 0.5) is 5.69 Å². The summed E-state index contributed by atoms with van der Waals surface area (Å²) in [5.74, 6) is 0.629. The van der Waals surface area contributed by atoms with Gasteiger partial charge in [-0.05, 0) is 92.6 Å². The average Bonchev–Trinajstić information content (AvgIpc) is 3.34. The lowest BCUT2D eigenvalue weighted by atomic mass is 9.96. The predicted octanol–water partition coefficient (Wildman–Crippen LogP) is 6.64. The highest BCUT2D eigenvalue weighted by Crippen LogP contribution is 2.44. The maximum absolute atomic E-state index is 6.53. The Kier molecular flexibility index (Phi) is 6.26. The number of ether oxygens (including phenoxy) is 1. The molecule has 2 aromatic carbocycles. The smallest absolute Gasteiger partial charge is 0.174 e. The molecule has 5 rings (SSSR count). The third-order valence-corrected chi connectivity index (χ3v) is 7.17. The molecule has 1 N–H and O–H groups in total. The van der Waals surface area contributed by atoms with Gasteiger partial charge in [-0.1, -0.05) is 29.8 Å². The number of nitrogens with one attached hydrogen (secondary N) is 1. The van der Waals surface area contributed by atoms with Crippen LogP contribution in [0.25, 0.3) is 5.69 Å². The van der Waals surface area contributed by atoms with Crippen molar-refractivity contribution in [3.8, 4) is 11.4 Å². The first kappa shape index (κ1) is 23.4. The van der Waals surface area contributed by atoms with Gasteiger partial charge in [-0.25, -0.2) is 0 Å². The molecule has 0 spiro atoms. The fourth-order valence-corrected chi connectivity index (χ4v) is 5.60. The molecular weight excluding hydrogens is 476 g/mol. The number of aromatic nitrogens is 2. The molecular formula is C28H27ClN4OS. The molecule has 4 aromatic rings. The van der Waals surface area contributed by atoms with Gasteiger partial charge in [0.2, 0.25) is 0 Å². The van der Waals surface area contributed by atoms with E-state index in [2.05, 4.69) is 70.9 Å². The molecule has 2 aromatic heterocycles. The Morgan fingerprint density at radius 3 is 2.49 bits per heavy atom. The molecule has 178 valence electrons. The molecule has 5 nitrogen and oxygen atoms in total. The average molecular weight is 503 g/mol. The number of halogens is 1. The van der Waals surface area contributed by atoms with E-state index >= 15 is 0 Å². The number of anilines is 1. The van der Waals surface area contributed by atoms with Gasteiger partial charge < -0.3 is 19.5 Å². The van der Waals surface area contributed by atoms with Crippen LogP contribution < -0.4 is 15.0 Å². The van der Waals surface area contributed by atoms with Gasteiger partial charge >= 0.3 is 0 Å². The van der Waals surface area contributed by atoms with Crippen molar-refractivity contribution in [3.63, 3.8) is 0 Å². The van der Waals surface area contributed by atoms with Crippen molar-refractivity contribution in [2.75, 3.05) is 12.0 Å². The Hall–Kier alpha value is -3.35. The van der Waals surface area contributed by atoms with Crippen LogP contribution >= 0.6 is 23.8 Å². The number of methoxy groups -OCH3 is 1. The first-order valence-corrected chi connectivity index (χ1v) is 12.3. The van der Waals surface area contributed by atoms with Gasteiger partial charge in [0.15, 0.2) is 5.11 Å². The van der Waals surface area contributed by atoms with E-state index in [4.69, 9.17) is 28.6 Å². The molecule has 0 amide bonds. The summed E-state index contributed by atoms with van der Waals surface area (Å²) >= 11 is 12.4. The summed E-state index contributed by atoms with van der Waals surface area (Å²) in [5.41, 5.74) is 7.70. The lowest BCUT2D eigenvalue weighted by Gasteiger charge is -2.28. The Morgan fingerprint density at radius 2 is 1.80 bits per heavy atom. The SMILES string of the molecule is COc1ccc(N2C(=S)N[C@@H](c3ccccn3)[C@@H]2c2cc(C)n(-c3cccc(C)c3)c2C)cc1Cl. The van der Waals surface area contributed by atoms with Crippen LogP contribution in [-0.2, 0) is 0 Å². The summed E-state index contributed by atoms with van der Waals surface area (Å²) in [7, 11) is 1.61. The van der Waals surface area contributed by atoms with Crippen molar-refractivity contribution in [3.05, 3.63) is 106 Å². The Morgan fingerprint density at radius 1 is 0.971 bits per heavy atom. The van der Waals surface area contributed by atoms with Crippen LogP contribution in [0, 0.1) is 20.8 Å². The first-order chi connectivity index (χ1) is 16.9. The molecule has 1 aliphatic heterocycles. The summed E-state index contributed by atoms with van der Waals surface area (Å²) < 4.78 is 7.68. The minimum Gasteiger partial charge on any atom is -0.495 e. The Balaban J connectivity index is 1.68. The summed E-state index contributed by atoms with van der Waals surface area (Å²) in [6, 6.07) is 22.3. The minimum absolute atomic E-state index is 0.119. The second-order valence-electron chi connectivity index (χ2n) is 8.82. The van der Waals surface area contributed by atoms with Gasteiger partial charge in [0, 0.05) is 29.0 Å². The minimum atomic E-state index is -0.129. The van der Waals surface area contributed by atoms with Gasteiger partial charge in [-0.3, -0.25) is 4.98 Å². The van der Waals surface area contributed by atoms with E-state index in [0.717, 1.165) is 28.5 Å². The van der Waals surface area contributed by atoms with Crippen LogP contribution in [0.15, 0.2) is 72.9 Å². The zero-order chi connectivity index (χ0) is 24.7. The van der Waals surface area contributed by atoms with Gasteiger partial charge in [0.05, 0.1) is 29.9 Å². The molecule has 7 heteroatoms. The van der Waals surface area contributed by atoms with Crippen LogP contribution in [0.2, 0.25) is 5.02 Å². The maximum atomic E-state index is 6.53. The Bertz CT molecular complexity index is 1400. The second kappa shape index (κ2) is 9.36. The maximum Gasteiger partial charge on any atom is 0.174 e. The van der Waals surface area contributed by atoms with E-state index in [9.17, 15) is 0 Å². The third kappa shape index (κ3) is 4.17. The molecule has 1 saturated heterocycles. The van der Waals surface area contributed by atoms with Gasteiger partial charge in [0.1, 0.15) is 5.75 Å². The lowest BCUT2D eigenvalue weighted by molar-refractivity contribution is 0.415. The lowest BCUT2D eigenvalue weighted by Crippen LogP contribution is -2.29. The van der Waals surface area contributed by atoms with Gasteiger partial charge in [0.25, 0.3) is 0 Å². The standard InChI is InChI=1S/C28H27ClN4OS/c1-17-8-7-9-20(14-17)32-18(2)15-22(19(32)3)27-26(24-10-5-6-13-30-24)31-28(35)33(27)21-11-12-25(34-4)23(29)16-21/h5-16,26-27H,1-4H3,(H,31,35)/t26-,27-/m0/s1. The highest BCUT2D eigenvalue weighted by molar-refractivity contribution is 7.80. The molecule has 0 bridgehead atoms. The van der Waals surface area contributed by atoms with Crippen molar-refractivity contribution in [2.24, 2.45) is 0 Å². The molecule has 1 aliphatic rings. The van der Waals surface area contributed by atoms with Crippen molar-refractivity contribution >= 4 is 34.6 Å². The third-order valence-electron chi connectivity index (χ3n) is 6.56. The van der Waals surface area contributed by atoms with E-state index < -0.39 is 0 Å². The second-order valence-corrected chi connectivity index (χ2v) is 9.61. The van der Waals surface area contributed by atoms with Crippen molar-refractivity contribution in [2.45, 2.75) is 32.9 Å². The summed E-state index contributed by atoms with van der Waals surface area (Å²) in [5, 5.41) is 4.70. The van der Waals surface area contributed by atoms with E-state index in [1.165, 1.54) is 11.1 Å². The number of pyridine rings is 1. The zero-order valence-electron chi connectivity index (χ0n) is 20.1. The number of aryl methyl sites for hydroxylation is 2. The molecule has 0 unspecified atom stereocenters. The Labute approximate surface area is 216 Å². The number of rotatable bonds is 5. The van der Waals surface area contributed by atoms with Crippen molar-refractivity contribution < 1.29 is 4.74 Å². The molecule has 0 radical (unpaired) electrons. The normalized spacial score (nSPS) is 17.5. The van der Waals surface area contributed by atoms with E-state index in [1.807, 2.05) is 42.6 Å². The van der Waals surface area contributed by atoms with Crippen molar-refractivity contribution in [1.82, 2.24) is 14.9 Å². The monoisotopic (exact) mass is 502 g/mol. The predicted molar refractivity (Wildman–Crippen MR) is 146 cm³/mol. The quantitative estimate of drug-likeness (QED) is 0.310. The summed E-state index contributed by atoms with van der Waals surface area (Å²) in [4.78, 5) is 6.81. The fraction of sp³-hybridized carbons (Fsp3) is 0.214. The summed E-state index contributed by atoms with van der Waals surface area (Å²) in [6.45, 7) is 6.43. The molecule has 35 heavy (non-hydrogen) atoms. The first-order valence-electron chi connectivity index (χ1n) is 11.5. The number of thiocarbonyl (C=S) groups is 1. The number of benzene rings is 2. The van der Waals surface area contributed by atoms with Crippen LogP contribution in [-0.4, -0.2) is 21.8 Å². The molecule has 1 fully saturated rings. The van der Waals surface area contributed by atoms with E-state index in [-0.39, 0.29) is 12.1 Å².